The molecule has 0 radical (unpaired) electrons. The van der Waals surface area contributed by atoms with E-state index in [1.54, 1.807) is 12.1 Å². The molecule has 4 rings (SSSR count). The molecule has 12 nitrogen and oxygen atoms in total. The van der Waals surface area contributed by atoms with Crippen LogP contribution in [0.15, 0.2) is 57.9 Å². The fourth-order valence-electron chi connectivity index (χ4n) is 4.34. The number of phenolic OH excluding ortho intramolecular Hbond substituents is 1. The van der Waals surface area contributed by atoms with Crippen LogP contribution in [0.4, 0.5) is 0 Å². The topological polar surface area (TPSA) is 199 Å². The van der Waals surface area contributed by atoms with Crippen LogP contribution in [0.2, 0.25) is 0 Å². The van der Waals surface area contributed by atoms with Crippen LogP contribution in [0.25, 0.3) is 22.1 Å². The zero-order chi connectivity index (χ0) is 28.5. The van der Waals surface area contributed by atoms with Gasteiger partial charge in [0.15, 0.2) is 17.1 Å². The number of phenols is 1. The predicted octanol–water partition coefficient (Wildman–Crippen LogP) is 0.761. The third-order valence-corrected chi connectivity index (χ3v) is 6.66. The number of fused-ring (bicyclic) bond motifs is 1. The molecule has 1 saturated heterocycles. The van der Waals surface area contributed by atoms with Gasteiger partial charge in [-0.3, -0.25) is 10.1 Å². The van der Waals surface area contributed by atoms with E-state index in [1.165, 1.54) is 36.6 Å². The fraction of sp³-hybridized carbons (Fsp3) is 0.407. The van der Waals surface area contributed by atoms with Crippen molar-refractivity contribution in [3.8, 4) is 22.6 Å². The normalized spacial score (nSPS) is 26.0. The van der Waals surface area contributed by atoms with Crippen LogP contribution in [0.3, 0.4) is 0 Å². The molecule has 0 saturated carbocycles. The maximum absolute atomic E-state index is 13.1. The van der Waals surface area contributed by atoms with Gasteiger partial charge < -0.3 is 44.5 Å². The summed E-state index contributed by atoms with van der Waals surface area (Å²) in [5, 5.41) is 64.9. The van der Waals surface area contributed by atoms with E-state index in [-0.39, 0.29) is 45.9 Å². The molecule has 0 bridgehead atoms. The van der Waals surface area contributed by atoms with Gasteiger partial charge in [0, 0.05) is 6.07 Å². The Bertz CT molecular complexity index is 1370. The van der Waals surface area contributed by atoms with E-state index in [2.05, 4.69) is 5.32 Å². The van der Waals surface area contributed by atoms with E-state index < -0.39 is 42.4 Å². The highest BCUT2D eigenvalue weighted by Gasteiger charge is 2.61. The Morgan fingerprint density at radius 1 is 1.15 bits per heavy atom. The summed E-state index contributed by atoms with van der Waals surface area (Å²) >= 11 is 0. The monoisotopic (exact) mass is 545 g/mol. The minimum absolute atomic E-state index is 0.0404. The largest absolute Gasteiger partial charge is 0.508 e. The first-order chi connectivity index (χ1) is 18.4. The smallest absolute Gasteiger partial charge is 0.335 e. The van der Waals surface area contributed by atoms with Crippen molar-refractivity contribution in [1.29, 1.82) is 0 Å². The molecule has 2 heterocycles. The van der Waals surface area contributed by atoms with Crippen LogP contribution in [0, 0.1) is 5.92 Å². The summed E-state index contributed by atoms with van der Waals surface area (Å²) in [6.45, 7) is 4.12. The van der Waals surface area contributed by atoms with Gasteiger partial charge in [0.2, 0.25) is 6.29 Å². The van der Waals surface area contributed by atoms with Crippen LogP contribution in [0.5, 0.6) is 11.5 Å². The highest BCUT2D eigenvalue weighted by atomic mass is 16.7. The lowest BCUT2D eigenvalue weighted by Crippen LogP contribution is -2.75. The number of nitrogens with one attached hydrogen (secondary N) is 1. The highest BCUT2D eigenvalue weighted by Crippen LogP contribution is 2.35. The Kier molecular flexibility index (Phi) is 8.25. The minimum atomic E-state index is -2.69. The predicted molar refractivity (Wildman–Crippen MR) is 137 cm³/mol. The Morgan fingerprint density at radius 2 is 1.85 bits per heavy atom. The molecule has 7 N–H and O–H groups in total. The van der Waals surface area contributed by atoms with Crippen LogP contribution >= 0.6 is 0 Å². The van der Waals surface area contributed by atoms with E-state index in [0.717, 1.165) is 0 Å². The second-order valence-corrected chi connectivity index (χ2v) is 9.89. The number of aromatic hydroxyl groups is 1. The van der Waals surface area contributed by atoms with E-state index in [1.807, 2.05) is 13.8 Å². The van der Waals surface area contributed by atoms with Gasteiger partial charge in [-0.05, 0) is 48.7 Å². The average Bonchev–Trinajstić information content (AvgIpc) is 2.89. The molecule has 1 aromatic heterocycles. The van der Waals surface area contributed by atoms with Crippen LogP contribution in [-0.2, 0) is 9.53 Å². The van der Waals surface area contributed by atoms with Crippen molar-refractivity contribution < 1.29 is 49.3 Å². The van der Waals surface area contributed by atoms with Gasteiger partial charge >= 0.3 is 5.97 Å². The molecular formula is C27H31NO11. The number of benzene rings is 2. The summed E-state index contributed by atoms with van der Waals surface area (Å²) in [7, 11) is 0. The number of carboxylic acids is 1. The molecule has 0 aliphatic carbocycles. The summed E-state index contributed by atoms with van der Waals surface area (Å²) in [5.41, 5.74) is -2.20. The van der Waals surface area contributed by atoms with Crippen LogP contribution < -0.4 is 15.5 Å². The third kappa shape index (κ3) is 5.62. The number of aliphatic hydroxyl groups excluding tert-OH is 3. The third-order valence-electron chi connectivity index (χ3n) is 6.66. The molecule has 1 fully saturated rings. The molecule has 3 aromatic rings. The Morgan fingerprint density at radius 3 is 2.49 bits per heavy atom. The van der Waals surface area contributed by atoms with Crippen LogP contribution in [-0.4, -0.2) is 79.6 Å². The molecule has 39 heavy (non-hydrogen) atoms. The van der Waals surface area contributed by atoms with Gasteiger partial charge in [-0.1, -0.05) is 26.0 Å². The number of ether oxygens (including phenoxy) is 2. The molecule has 1 aliphatic heterocycles. The quantitative estimate of drug-likeness (QED) is 0.187. The summed E-state index contributed by atoms with van der Waals surface area (Å²) in [4.78, 5) is 24.7. The number of hydrogen-bond acceptors (Lipinski definition) is 11. The van der Waals surface area contributed by atoms with Crippen molar-refractivity contribution in [3.63, 3.8) is 0 Å². The summed E-state index contributed by atoms with van der Waals surface area (Å²) in [6.07, 6.45) is -8.24. The Balaban J connectivity index is 1.66. The SMILES string of the molecule is CC(C)CCN[C@H](O)[C@]1(O)[C@H](Oc2ccc3c(=O)c(-c4ccc(O)cc4)coc3c2)O[C@H](C(=O)O)[C@@H](O)[C@@H]1O. The lowest BCUT2D eigenvalue weighted by atomic mass is 9.84. The van der Waals surface area contributed by atoms with E-state index >= 15 is 0 Å². The number of hydrogen-bond donors (Lipinski definition) is 7. The zero-order valence-corrected chi connectivity index (χ0v) is 21.2. The van der Waals surface area contributed by atoms with Crippen molar-refractivity contribution in [2.75, 3.05) is 6.54 Å². The summed E-state index contributed by atoms with van der Waals surface area (Å²) in [5.74, 6) is -1.37. The van der Waals surface area contributed by atoms with E-state index in [9.17, 15) is 40.2 Å². The first kappa shape index (κ1) is 28.5. The van der Waals surface area contributed by atoms with Crippen molar-refractivity contribution in [2.45, 2.75) is 56.7 Å². The number of carbonyl (C=O) groups is 1. The summed E-state index contributed by atoms with van der Waals surface area (Å²) < 4.78 is 16.6. The molecule has 12 heteroatoms. The van der Waals surface area contributed by atoms with Gasteiger partial charge in [-0.2, -0.15) is 0 Å². The van der Waals surface area contributed by atoms with Crippen molar-refractivity contribution in [1.82, 2.24) is 5.32 Å². The highest BCUT2D eigenvalue weighted by molar-refractivity contribution is 5.82. The van der Waals surface area contributed by atoms with Gasteiger partial charge in [-0.15, -0.1) is 0 Å². The Hall–Kier alpha value is -3.52. The standard InChI is InChI=1S/C27H31NO11/c1-13(2)9-10-28-25(35)27(36)23(32)21(31)22(24(33)34)39-26(27)38-16-7-8-17-19(11-16)37-12-18(20(17)30)14-3-5-15(29)6-4-14/h3-8,11-13,21-23,25-26,28-29,31-32,35-36H,9-10H2,1-2H3,(H,33,34)/t21-,22+,23+,25-,26-,27+/m1/s1. The zero-order valence-electron chi connectivity index (χ0n) is 21.2. The fourth-order valence-corrected chi connectivity index (χ4v) is 4.34. The first-order valence-corrected chi connectivity index (χ1v) is 12.3. The molecule has 6 atom stereocenters. The van der Waals surface area contributed by atoms with Crippen molar-refractivity contribution in [3.05, 3.63) is 59.0 Å². The summed E-state index contributed by atoms with van der Waals surface area (Å²) in [6, 6.07) is 10.0. The molecule has 210 valence electrons. The van der Waals surface area contributed by atoms with E-state index in [0.29, 0.717) is 12.0 Å². The molecule has 0 amide bonds. The van der Waals surface area contributed by atoms with Gasteiger partial charge in [0.05, 0.1) is 10.9 Å². The lowest BCUT2D eigenvalue weighted by molar-refractivity contribution is -0.338. The van der Waals surface area contributed by atoms with E-state index in [4.69, 9.17) is 13.9 Å². The molecular weight excluding hydrogens is 514 g/mol. The number of aliphatic hydroxyl groups is 4. The second kappa shape index (κ2) is 11.3. The maximum atomic E-state index is 13.1. The van der Waals surface area contributed by atoms with Crippen LogP contribution in [0.1, 0.15) is 20.3 Å². The van der Waals surface area contributed by atoms with Crippen molar-refractivity contribution >= 4 is 16.9 Å². The van der Waals surface area contributed by atoms with Crippen molar-refractivity contribution in [2.24, 2.45) is 5.92 Å². The van der Waals surface area contributed by atoms with Gasteiger partial charge in [-0.25, -0.2) is 4.79 Å². The van der Waals surface area contributed by atoms with Gasteiger partial charge in [0.25, 0.3) is 0 Å². The van der Waals surface area contributed by atoms with Gasteiger partial charge in [0.1, 0.15) is 41.8 Å². The molecule has 1 aliphatic rings. The number of carboxylic acid groups (broad SMARTS) is 1. The molecule has 0 unspecified atom stereocenters. The number of aliphatic carboxylic acids is 1. The number of rotatable bonds is 9. The maximum Gasteiger partial charge on any atom is 0.335 e. The minimum Gasteiger partial charge on any atom is -0.508 e. The average molecular weight is 546 g/mol. The molecule has 2 aromatic carbocycles. The Labute approximate surface area is 222 Å². The molecule has 0 spiro atoms. The second-order valence-electron chi connectivity index (χ2n) is 9.89. The first-order valence-electron chi connectivity index (χ1n) is 12.3. The lowest BCUT2D eigenvalue weighted by Gasteiger charge is -2.48.